The molecule has 8 nitrogen and oxygen atoms in total. The van der Waals surface area contributed by atoms with E-state index in [9.17, 15) is 14.4 Å². The van der Waals surface area contributed by atoms with E-state index in [-0.39, 0.29) is 17.4 Å². The maximum absolute atomic E-state index is 13.5. The van der Waals surface area contributed by atoms with Crippen LogP contribution in [0.4, 0.5) is 5.69 Å². The highest BCUT2D eigenvalue weighted by atomic mass is 32.1. The zero-order valence-corrected chi connectivity index (χ0v) is 20.5. The molecule has 1 heterocycles. The lowest BCUT2D eigenvalue weighted by atomic mass is 10.1. The van der Waals surface area contributed by atoms with Crippen molar-refractivity contribution in [1.82, 2.24) is 15.8 Å². The first-order valence-corrected chi connectivity index (χ1v) is 11.9. The molecule has 0 bridgehead atoms. The second-order valence-corrected chi connectivity index (χ2v) is 8.50. The summed E-state index contributed by atoms with van der Waals surface area (Å²) < 4.78 is 5.19. The van der Waals surface area contributed by atoms with Crippen LogP contribution in [0.1, 0.15) is 22.3 Å². The molecule has 3 aromatic carbocycles. The van der Waals surface area contributed by atoms with Crippen molar-refractivity contribution in [2.45, 2.75) is 18.9 Å². The summed E-state index contributed by atoms with van der Waals surface area (Å²) in [6.07, 6.45) is 0.492. The molecule has 1 saturated heterocycles. The van der Waals surface area contributed by atoms with Crippen LogP contribution in [0.3, 0.4) is 0 Å². The fraction of sp³-hybridized carbons (Fsp3) is 0.185. The molecule has 0 saturated carbocycles. The second kappa shape index (κ2) is 11.5. The van der Waals surface area contributed by atoms with Crippen LogP contribution in [-0.2, 0) is 16.0 Å². The van der Waals surface area contributed by atoms with Crippen molar-refractivity contribution in [3.63, 3.8) is 0 Å². The number of ether oxygens (including phenoxy) is 1. The van der Waals surface area contributed by atoms with Crippen LogP contribution in [0.25, 0.3) is 0 Å². The second-order valence-electron chi connectivity index (χ2n) is 8.14. The van der Waals surface area contributed by atoms with Gasteiger partial charge in [0.1, 0.15) is 11.8 Å². The number of hydrogen-bond acceptors (Lipinski definition) is 5. The molecule has 3 aromatic rings. The first-order chi connectivity index (χ1) is 17.5. The third-order valence-electron chi connectivity index (χ3n) is 5.76. The quantitative estimate of drug-likeness (QED) is 0.437. The maximum atomic E-state index is 13.5. The number of methoxy groups -OCH3 is 1. The fourth-order valence-corrected chi connectivity index (χ4v) is 4.24. The number of nitrogens with one attached hydrogen (secondary N) is 2. The number of rotatable bonds is 9. The lowest BCUT2D eigenvalue weighted by Crippen LogP contribution is -2.50. The van der Waals surface area contributed by atoms with Crippen LogP contribution in [-0.4, -0.2) is 47.5 Å². The Bertz CT molecular complexity index is 1240. The molecule has 1 fully saturated rings. The van der Waals surface area contributed by atoms with Gasteiger partial charge in [0.25, 0.3) is 11.8 Å². The van der Waals surface area contributed by atoms with E-state index in [1.807, 2.05) is 30.3 Å². The van der Waals surface area contributed by atoms with Crippen LogP contribution in [0.5, 0.6) is 5.75 Å². The van der Waals surface area contributed by atoms with Crippen molar-refractivity contribution >= 4 is 40.7 Å². The Balaban J connectivity index is 1.51. The average Bonchev–Trinajstić information content (AvgIpc) is 3.13. The van der Waals surface area contributed by atoms with Gasteiger partial charge in [-0.25, -0.2) is 5.01 Å². The maximum Gasteiger partial charge on any atom is 0.269 e. The minimum atomic E-state index is -0.996. The third-order valence-corrected chi connectivity index (χ3v) is 6.14. The number of nitrogens with zero attached hydrogens (tertiary/aromatic N) is 2. The highest BCUT2D eigenvalue weighted by molar-refractivity contribution is 7.80. The predicted octanol–water partition coefficient (Wildman–Crippen LogP) is 3.09. The smallest absolute Gasteiger partial charge is 0.269 e. The molecule has 0 spiro atoms. The molecule has 0 aromatic heterocycles. The van der Waals surface area contributed by atoms with Crippen molar-refractivity contribution in [3.8, 4) is 5.75 Å². The molecule has 1 aliphatic heterocycles. The number of amides is 3. The van der Waals surface area contributed by atoms with Gasteiger partial charge in [-0.3, -0.25) is 24.7 Å². The molecule has 2 N–H and O–H groups in total. The zero-order chi connectivity index (χ0) is 25.5. The lowest BCUT2D eigenvalue weighted by Gasteiger charge is -2.24. The Morgan fingerprint density at radius 3 is 2.22 bits per heavy atom. The standard InChI is InChI=1S/C27H26N4O4S/c1-35-22-14-12-21(13-15-22)30-26(34)23(18-24(32)28-17-16-19-8-4-2-5-9-19)31(27(30)36)29-25(33)20-10-6-3-7-11-20/h2-15,23H,16-18H2,1H3,(H,28,32)(H,29,33). The Labute approximate surface area is 214 Å². The van der Waals surface area contributed by atoms with E-state index in [1.54, 1.807) is 61.7 Å². The molecule has 0 aliphatic carbocycles. The molecule has 0 radical (unpaired) electrons. The summed E-state index contributed by atoms with van der Waals surface area (Å²) in [7, 11) is 1.55. The summed E-state index contributed by atoms with van der Waals surface area (Å²) in [4.78, 5) is 40.5. The Morgan fingerprint density at radius 2 is 1.58 bits per heavy atom. The Hall–Kier alpha value is -4.24. The predicted molar refractivity (Wildman–Crippen MR) is 140 cm³/mol. The number of carbonyl (C=O) groups excluding carboxylic acids is 3. The molecule has 1 unspecified atom stereocenters. The summed E-state index contributed by atoms with van der Waals surface area (Å²) in [6, 6.07) is 24.2. The molecule has 1 atom stereocenters. The van der Waals surface area contributed by atoms with Gasteiger partial charge in [0.2, 0.25) is 11.0 Å². The molecular weight excluding hydrogens is 476 g/mol. The number of hydrogen-bond donors (Lipinski definition) is 2. The van der Waals surface area contributed by atoms with Crippen LogP contribution in [0.2, 0.25) is 0 Å². The van der Waals surface area contributed by atoms with Gasteiger partial charge >= 0.3 is 0 Å². The van der Waals surface area contributed by atoms with Crippen LogP contribution in [0, 0.1) is 0 Å². The summed E-state index contributed by atoms with van der Waals surface area (Å²) in [6.45, 7) is 0.423. The molecule has 3 amide bonds. The topological polar surface area (TPSA) is 91.0 Å². The van der Waals surface area contributed by atoms with Gasteiger partial charge in [0.15, 0.2) is 0 Å². The largest absolute Gasteiger partial charge is 0.497 e. The van der Waals surface area contributed by atoms with Crippen molar-refractivity contribution in [3.05, 3.63) is 96.1 Å². The van der Waals surface area contributed by atoms with E-state index in [1.165, 1.54) is 9.91 Å². The fourth-order valence-electron chi connectivity index (χ4n) is 3.87. The SMILES string of the molecule is COc1ccc(N2C(=O)C(CC(=O)NCCc3ccccc3)N(NC(=O)c3ccccc3)C2=S)cc1. The molecule has 1 aliphatic rings. The van der Waals surface area contributed by atoms with Crippen molar-refractivity contribution in [1.29, 1.82) is 0 Å². The molecule has 184 valence electrons. The van der Waals surface area contributed by atoms with Crippen LogP contribution < -0.4 is 20.4 Å². The Kier molecular flexibility index (Phi) is 7.92. The van der Waals surface area contributed by atoms with E-state index in [2.05, 4.69) is 10.7 Å². The zero-order valence-electron chi connectivity index (χ0n) is 19.7. The van der Waals surface area contributed by atoms with E-state index in [0.717, 1.165) is 5.56 Å². The molecular formula is C27H26N4O4S. The van der Waals surface area contributed by atoms with Gasteiger partial charge < -0.3 is 10.1 Å². The first kappa shape index (κ1) is 24.9. The molecule has 4 rings (SSSR count). The van der Waals surface area contributed by atoms with Gasteiger partial charge in [-0.1, -0.05) is 48.5 Å². The summed E-state index contributed by atoms with van der Waals surface area (Å²) >= 11 is 5.59. The molecule has 9 heteroatoms. The van der Waals surface area contributed by atoms with E-state index < -0.39 is 17.9 Å². The summed E-state index contributed by atoms with van der Waals surface area (Å²) in [5.41, 5.74) is 4.73. The van der Waals surface area contributed by atoms with Gasteiger partial charge in [-0.2, -0.15) is 0 Å². The van der Waals surface area contributed by atoms with E-state index in [0.29, 0.717) is 30.0 Å². The number of hydrazine groups is 1. The van der Waals surface area contributed by atoms with Gasteiger partial charge in [0.05, 0.1) is 19.2 Å². The first-order valence-electron chi connectivity index (χ1n) is 11.5. The minimum Gasteiger partial charge on any atom is -0.497 e. The van der Waals surface area contributed by atoms with Gasteiger partial charge in [0, 0.05) is 12.1 Å². The van der Waals surface area contributed by atoms with Crippen LogP contribution in [0.15, 0.2) is 84.9 Å². The third kappa shape index (κ3) is 5.69. The number of carbonyl (C=O) groups is 3. The average molecular weight is 503 g/mol. The number of anilines is 1. The van der Waals surface area contributed by atoms with Gasteiger partial charge in [-0.05, 0) is 60.6 Å². The van der Waals surface area contributed by atoms with Crippen LogP contribution >= 0.6 is 12.2 Å². The Morgan fingerprint density at radius 1 is 0.944 bits per heavy atom. The highest BCUT2D eigenvalue weighted by Gasteiger charge is 2.45. The van der Waals surface area contributed by atoms with E-state index in [4.69, 9.17) is 17.0 Å². The van der Waals surface area contributed by atoms with Gasteiger partial charge in [-0.15, -0.1) is 0 Å². The van der Waals surface area contributed by atoms with Crippen molar-refractivity contribution < 1.29 is 19.1 Å². The minimum absolute atomic E-state index is 0.0801. The normalized spacial score (nSPS) is 15.1. The monoisotopic (exact) mass is 502 g/mol. The summed E-state index contributed by atoms with van der Waals surface area (Å²) in [5, 5.41) is 4.24. The van der Waals surface area contributed by atoms with Crippen molar-refractivity contribution in [2.75, 3.05) is 18.6 Å². The van der Waals surface area contributed by atoms with E-state index >= 15 is 0 Å². The van der Waals surface area contributed by atoms with Crippen molar-refractivity contribution in [2.24, 2.45) is 0 Å². The summed E-state index contributed by atoms with van der Waals surface area (Å²) in [5.74, 6) is -0.531. The number of thiocarbonyl (C=S) groups is 1. The number of benzene rings is 3. The lowest BCUT2D eigenvalue weighted by molar-refractivity contribution is -0.127. The molecule has 36 heavy (non-hydrogen) atoms. The highest BCUT2D eigenvalue weighted by Crippen LogP contribution is 2.27.